The highest BCUT2D eigenvalue weighted by molar-refractivity contribution is 7.89. The predicted octanol–water partition coefficient (Wildman–Crippen LogP) is 2.22. The maximum atomic E-state index is 12.7. The van der Waals surface area contributed by atoms with E-state index in [1.54, 1.807) is 18.0 Å². The first kappa shape index (κ1) is 19.0. The molecule has 2 rings (SSSR count). The minimum atomic E-state index is -3.72. The first-order valence-corrected chi connectivity index (χ1v) is 9.11. The summed E-state index contributed by atoms with van der Waals surface area (Å²) in [7, 11) is 2.22. The number of methoxy groups -OCH3 is 1. The number of ether oxygens (including phenoxy) is 1. The van der Waals surface area contributed by atoms with E-state index < -0.39 is 10.0 Å². The van der Waals surface area contributed by atoms with E-state index in [1.807, 2.05) is 30.3 Å². The van der Waals surface area contributed by atoms with Gasteiger partial charge in [-0.05, 0) is 23.8 Å². The van der Waals surface area contributed by atoms with Gasteiger partial charge in [0.25, 0.3) is 5.91 Å². The Labute approximate surface area is 148 Å². The largest absolute Gasteiger partial charge is 0.495 e. The molecule has 2 aromatic carbocycles. The summed E-state index contributed by atoms with van der Waals surface area (Å²) in [5.41, 5.74) is 1.28. The molecule has 0 radical (unpaired) electrons. The van der Waals surface area contributed by atoms with Gasteiger partial charge >= 0.3 is 0 Å². The average molecular weight is 362 g/mol. The molecule has 6 nitrogen and oxygen atoms in total. The van der Waals surface area contributed by atoms with E-state index >= 15 is 0 Å². The highest BCUT2D eigenvalue weighted by Gasteiger charge is 2.24. The third-order valence-corrected chi connectivity index (χ3v) is 5.61. The van der Waals surface area contributed by atoms with Crippen molar-refractivity contribution in [3.63, 3.8) is 0 Å². The molecule has 0 fully saturated rings. The Morgan fingerprint density at radius 2 is 1.68 bits per heavy atom. The number of amides is 1. The monoisotopic (exact) mass is 362 g/mol. The fraction of sp³-hybridized carbons (Fsp3) is 0.278. The lowest BCUT2D eigenvalue weighted by atomic mass is 10.1. The molecule has 25 heavy (non-hydrogen) atoms. The molecule has 0 atom stereocenters. The van der Waals surface area contributed by atoms with Gasteiger partial charge in [0.15, 0.2) is 0 Å². The van der Waals surface area contributed by atoms with Crippen molar-refractivity contribution in [2.75, 3.05) is 28.3 Å². The summed E-state index contributed by atoms with van der Waals surface area (Å²) in [6, 6.07) is 14.0. The van der Waals surface area contributed by atoms with Crippen LogP contribution in [0.3, 0.4) is 0 Å². The van der Waals surface area contributed by atoms with Crippen molar-refractivity contribution in [2.45, 2.75) is 11.4 Å². The van der Waals surface area contributed by atoms with E-state index in [-0.39, 0.29) is 16.6 Å². The van der Waals surface area contributed by atoms with Gasteiger partial charge in [0.1, 0.15) is 10.6 Å². The Morgan fingerprint density at radius 3 is 2.24 bits per heavy atom. The van der Waals surface area contributed by atoms with Crippen LogP contribution in [0.1, 0.15) is 15.9 Å². The molecule has 0 aliphatic heterocycles. The molecular weight excluding hydrogens is 340 g/mol. The van der Waals surface area contributed by atoms with Gasteiger partial charge in [-0.25, -0.2) is 12.7 Å². The zero-order valence-corrected chi connectivity index (χ0v) is 15.6. The summed E-state index contributed by atoms with van der Waals surface area (Å²) in [5.74, 6) is -0.0577. The lowest BCUT2D eigenvalue weighted by Gasteiger charge is -2.19. The number of nitrogens with zero attached hydrogens (tertiary/aromatic N) is 2. The molecule has 2 aromatic rings. The Bertz CT molecular complexity index is 849. The van der Waals surface area contributed by atoms with Crippen LogP contribution >= 0.6 is 0 Å². The van der Waals surface area contributed by atoms with Gasteiger partial charge in [-0.1, -0.05) is 30.3 Å². The molecule has 0 saturated heterocycles. The summed E-state index contributed by atoms with van der Waals surface area (Å²) in [5, 5.41) is 0. The van der Waals surface area contributed by atoms with E-state index in [9.17, 15) is 13.2 Å². The molecule has 0 N–H and O–H groups in total. The number of sulfonamides is 1. The summed E-state index contributed by atoms with van der Waals surface area (Å²) in [6.45, 7) is 0.432. The molecule has 0 heterocycles. The number of hydrogen-bond donors (Lipinski definition) is 0. The van der Waals surface area contributed by atoms with Gasteiger partial charge in [-0.3, -0.25) is 4.79 Å². The van der Waals surface area contributed by atoms with E-state index in [1.165, 1.54) is 33.3 Å². The van der Waals surface area contributed by atoms with E-state index in [4.69, 9.17) is 4.74 Å². The van der Waals surface area contributed by atoms with Crippen molar-refractivity contribution in [3.8, 4) is 5.75 Å². The topological polar surface area (TPSA) is 66.9 Å². The van der Waals surface area contributed by atoms with Gasteiger partial charge in [0.05, 0.1) is 7.11 Å². The second-order valence-electron chi connectivity index (χ2n) is 5.80. The normalized spacial score (nSPS) is 11.4. The van der Waals surface area contributed by atoms with Gasteiger partial charge in [-0.15, -0.1) is 0 Å². The van der Waals surface area contributed by atoms with E-state index in [0.717, 1.165) is 9.87 Å². The van der Waals surface area contributed by atoms with Crippen LogP contribution in [0, 0.1) is 0 Å². The Hall–Kier alpha value is -2.38. The van der Waals surface area contributed by atoms with Crippen LogP contribution in [0.15, 0.2) is 53.4 Å². The fourth-order valence-corrected chi connectivity index (χ4v) is 3.43. The molecule has 0 saturated carbocycles. The van der Waals surface area contributed by atoms with Crippen LogP contribution in [0.5, 0.6) is 5.75 Å². The number of carbonyl (C=O) groups excluding carboxylic acids is 1. The average Bonchev–Trinajstić information content (AvgIpc) is 2.61. The van der Waals surface area contributed by atoms with E-state index in [0.29, 0.717) is 12.1 Å². The Balaban J connectivity index is 2.34. The molecule has 0 spiro atoms. The van der Waals surface area contributed by atoms with Crippen molar-refractivity contribution >= 4 is 15.9 Å². The highest BCUT2D eigenvalue weighted by Crippen LogP contribution is 2.27. The van der Waals surface area contributed by atoms with Crippen molar-refractivity contribution < 1.29 is 17.9 Å². The molecule has 0 aliphatic rings. The smallest absolute Gasteiger partial charge is 0.253 e. The lowest BCUT2D eigenvalue weighted by molar-refractivity contribution is 0.0785. The van der Waals surface area contributed by atoms with Crippen molar-refractivity contribution in [1.29, 1.82) is 0 Å². The van der Waals surface area contributed by atoms with Crippen LogP contribution in [0.4, 0.5) is 0 Å². The maximum Gasteiger partial charge on any atom is 0.253 e. The first-order valence-electron chi connectivity index (χ1n) is 7.67. The Morgan fingerprint density at radius 1 is 1.04 bits per heavy atom. The SMILES string of the molecule is COc1ccc(C(=O)N(C)Cc2ccccc2)cc1S(=O)(=O)N(C)C. The summed E-state index contributed by atoms with van der Waals surface area (Å²) in [6.07, 6.45) is 0. The highest BCUT2D eigenvalue weighted by atomic mass is 32.2. The number of benzene rings is 2. The van der Waals surface area contributed by atoms with Crippen LogP contribution < -0.4 is 4.74 Å². The molecule has 0 bridgehead atoms. The molecular formula is C18H22N2O4S. The minimum absolute atomic E-state index is 0.0287. The number of hydrogen-bond acceptors (Lipinski definition) is 4. The zero-order valence-electron chi connectivity index (χ0n) is 14.8. The Kier molecular flexibility index (Phi) is 5.81. The minimum Gasteiger partial charge on any atom is -0.495 e. The third kappa shape index (κ3) is 4.18. The molecule has 0 aliphatic carbocycles. The van der Waals surface area contributed by atoms with Crippen LogP contribution in [-0.4, -0.2) is 51.8 Å². The van der Waals surface area contributed by atoms with Crippen molar-refractivity contribution in [1.82, 2.24) is 9.21 Å². The lowest BCUT2D eigenvalue weighted by Crippen LogP contribution is -2.27. The van der Waals surface area contributed by atoms with Gasteiger partial charge in [0, 0.05) is 33.3 Å². The summed E-state index contributed by atoms with van der Waals surface area (Å²) < 4.78 is 31.2. The quantitative estimate of drug-likeness (QED) is 0.790. The second kappa shape index (κ2) is 7.67. The van der Waals surface area contributed by atoms with Gasteiger partial charge in [0.2, 0.25) is 10.0 Å². The van der Waals surface area contributed by atoms with Crippen LogP contribution in [0.2, 0.25) is 0 Å². The van der Waals surface area contributed by atoms with E-state index in [2.05, 4.69) is 0 Å². The molecule has 7 heteroatoms. The number of rotatable bonds is 6. The van der Waals surface area contributed by atoms with Gasteiger partial charge < -0.3 is 9.64 Å². The second-order valence-corrected chi connectivity index (χ2v) is 7.92. The molecule has 1 amide bonds. The van der Waals surface area contributed by atoms with Crippen molar-refractivity contribution in [3.05, 3.63) is 59.7 Å². The van der Waals surface area contributed by atoms with Crippen molar-refractivity contribution in [2.24, 2.45) is 0 Å². The summed E-state index contributed by atoms with van der Waals surface area (Å²) in [4.78, 5) is 14.2. The molecule has 0 aromatic heterocycles. The third-order valence-electron chi connectivity index (χ3n) is 3.78. The fourth-order valence-electron chi connectivity index (χ4n) is 2.36. The van der Waals surface area contributed by atoms with Gasteiger partial charge in [-0.2, -0.15) is 0 Å². The van der Waals surface area contributed by atoms with Crippen LogP contribution in [-0.2, 0) is 16.6 Å². The number of carbonyl (C=O) groups is 1. The predicted molar refractivity (Wildman–Crippen MR) is 96.1 cm³/mol. The molecule has 134 valence electrons. The molecule has 0 unspecified atom stereocenters. The summed E-state index contributed by atoms with van der Waals surface area (Å²) >= 11 is 0. The maximum absolute atomic E-state index is 12.7. The standard InChI is InChI=1S/C18H22N2O4S/c1-19(2)25(22,23)17-12-15(10-11-16(17)24-4)18(21)20(3)13-14-8-6-5-7-9-14/h5-12H,13H2,1-4H3. The first-order chi connectivity index (χ1) is 11.8. The zero-order chi connectivity index (χ0) is 18.6. The van der Waals surface area contributed by atoms with Crippen LogP contribution in [0.25, 0.3) is 0 Å².